The summed E-state index contributed by atoms with van der Waals surface area (Å²) < 4.78 is 2.29. The maximum absolute atomic E-state index is 5.74. The fourth-order valence-corrected chi connectivity index (χ4v) is 4.14. The molecule has 0 spiro atoms. The Morgan fingerprint density at radius 1 is 1.10 bits per heavy atom. The summed E-state index contributed by atoms with van der Waals surface area (Å²) in [6.45, 7) is 2.55. The van der Waals surface area contributed by atoms with E-state index in [-0.39, 0.29) is 12.1 Å². The van der Waals surface area contributed by atoms with Crippen LogP contribution in [0.1, 0.15) is 29.0 Å². The van der Waals surface area contributed by atoms with Gasteiger partial charge in [-0.1, -0.05) is 12.1 Å². The van der Waals surface area contributed by atoms with Gasteiger partial charge in [-0.15, -0.1) is 0 Å². The fraction of sp³-hybridized carbons (Fsp3) is 0.318. The van der Waals surface area contributed by atoms with Gasteiger partial charge >= 0.3 is 0 Å². The van der Waals surface area contributed by atoms with E-state index in [2.05, 4.69) is 74.2 Å². The molecule has 3 aromatic heterocycles. The second kappa shape index (κ2) is 8.71. The van der Waals surface area contributed by atoms with Gasteiger partial charge in [0.1, 0.15) is 0 Å². The number of aromatic nitrogens is 3. The average Bonchev–Trinajstić information content (AvgIpc) is 3.31. The number of nitrogens with one attached hydrogen (secondary N) is 1. The topological polar surface area (TPSA) is 49.2 Å². The Balaban J connectivity index is 1.70. The Bertz CT molecular complexity index is 940. The fourth-order valence-electron chi connectivity index (χ4n) is 3.80. The summed E-state index contributed by atoms with van der Waals surface area (Å²) in [5.74, 6) is 0. The zero-order valence-electron chi connectivity index (χ0n) is 16.8. The number of hydrogen-bond donors (Lipinski definition) is 1. The normalized spacial score (nSPS) is 19.0. The molecule has 1 aliphatic heterocycles. The predicted molar refractivity (Wildman–Crippen MR) is 118 cm³/mol. The van der Waals surface area contributed by atoms with Crippen LogP contribution in [0.15, 0.2) is 67.3 Å². The van der Waals surface area contributed by atoms with Crippen molar-refractivity contribution in [3.05, 3.63) is 84.2 Å². The number of hydrogen-bond acceptors (Lipinski definition) is 4. The van der Waals surface area contributed by atoms with Crippen molar-refractivity contribution >= 4 is 17.3 Å². The van der Waals surface area contributed by atoms with Crippen molar-refractivity contribution in [1.82, 2.24) is 29.7 Å². The van der Waals surface area contributed by atoms with Gasteiger partial charge in [0.05, 0.1) is 17.8 Å². The van der Waals surface area contributed by atoms with E-state index in [1.807, 2.05) is 30.6 Å². The molecule has 0 radical (unpaired) electrons. The molecule has 0 bridgehead atoms. The minimum atomic E-state index is 0.00779. The molecular formula is C22H26N6S. The van der Waals surface area contributed by atoms with Gasteiger partial charge in [-0.3, -0.25) is 9.97 Å². The highest BCUT2D eigenvalue weighted by Gasteiger charge is 2.40. The van der Waals surface area contributed by atoms with Gasteiger partial charge in [-0.05, 0) is 62.2 Å². The van der Waals surface area contributed by atoms with E-state index < -0.39 is 0 Å². The summed E-state index contributed by atoms with van der Waals surface area (Å²) in [4.78, 5) is 13.4. The quantitative estimate of drug-likeness (QED) is 0.609. The van der Waals surface area contributed by atoms with Crippen molar-refractivity contribution in [2.45, 2.75) is 18.6 Å². The predicted octanol–water partition coefficient (Wildman–Crippen LogP) is 2.86. The van der Waals surface area contributed by atoms with Gasteiger partial charge < -0.3 is 19.7 Å². The Hall–Kier alpha value is -2.77. The molecule has 4 rings (SSSR count). The van der Waals surface area contributed by atoms with E-state index in [4.69, 9.17) is 12.2 Å². The third-order valence-corrected chi connectivity index (χ3v) is 5.58. The molecule has 6 nitrogen and oxygen atoms in total. The number of nitrogens with zero attached hydrogens (tertiary/aromatic N) is 5. The highest BCUT2D eigenvalue weighted by molar-refractivity contribution is 7.80. The molecule has 0 amide bonds. The van der Waals surface area contributed by atoms with Crippen LogP contribution in [0.25, 0.3) is 0 Å². The van der Waals surface area contributed by atoms with Crippen molar-refractivity contribution < 1.29 is 0 Å². The molecular weight excluding hydrogens is 380 g/mol. The summed E-state index contributed by atoms with van der Waals surface area (Å²) in [7, 11) is 4.17. The van der Waals surface area contributed by atoms with E-state index in [9.17, 15) is 0 Å². The summed E-state index contributed by atoms with van der Waals surface area (Å²) in [6.07, 6.45) is 7.69. The molecule has 1 aliphatic rings. The van der Waals surface area contributed by atoms with Crippen LogP contribution in [0.5, 0.6) is 0 Å². The SMILES string of the molecule is CN(C)CCN1C(=S)N[C@H](c2ccccn2)[C@H]1c1cccn1Cc1cccnc1. The van der Waals surface area contributed by atoms with E-state index in [0.29, 0.717) is 0 Å². The first-order valence-corrected chi connectivity index (χ1v) is 10.2. The van der Waals surface area contributed by atoms with Crippen LogP contribution in [0.3, 0.4) is 0 Å². The molecule has 1 N–H and O–H groups in total. The maximum Gasteiger partial charge on any atom is 0.170 e. The van der Waals surface area contributed by atoms with Crippen LogP contribution < -0.4 is 5.32 Å². The zero-order chi connectivity index (χ0) is 20.2. The van der Waals surface area contributed by atoms with Crippen LogP contribution in [0.2, 0.25) is 0 Å². The van der Waals surface area contributed by atoms with E-state index in [1.165, 1.54) is 11.3 Å². The number of pyridine rings is 2. The van der Waals surface area contributed by atoms with Crippen molar-refractivity contribution in [3.63, 3.8) is 0 Å². The Morgan fingerprint density at radius 3 is 2.72 bits per heavy atom. The van der Waals surface area contributed by atoms with Crippen molar-refractivity contribution in [2.24, 2.45) is 0 Å². The average molecular weight is 407 g/mol. The summed E-state index contributed by atoms with van der Waals surface area (Å²) in [6, 6.07) is 14.5. The first-order valence-electron chi connectivity index (χ1n) is 9.80. The number of likely N-dealkylation sites (N-methyl/N-ethyl adjacent to an activating group) is 1. The maximum atomic E-state index is 5.74. The van der Waals surface area contributed by atoms with Crippen LogP contribution in [-0.4, -0.2) is 56.6 Å². The lowest BCUT2D eigenvalue weighted by Crippen LogP contribution is -2.36. The first-order chi connectivity index (χ1) is 14.1. The molecule has 150 valence electrons. The molecule has 1 fully saturated rings. The van der Waals surface area contributed by atoms with Crippen molar-refractivity contribution in [3.8, 4) is 0 Å². The second-order valence-electron chi connectivity index (χ2n) is 7.55. The summed E-state index contributed by atoms with van der Waals surface area (Å²) >= 11 is 5.74. The van der Waals surface area contributed by atoms with Gasteiger partial charge in [0.2, 0.25) is 0 Å². The van der Waals surface area contributed by atoms with Crippen LogP contribution >= 0.6 is 12.2 Å². The molecule has 7 heteroatoms. The zero-order valence-corrected chi connectivity index (χ0v) is 17.6. The van der Waals surface area contributed by atoms with E-state index in [0.717, 1.165) is 30.4 Å². The van der Waals surface area contributed by atoms with Crippen LogP contribution in [0.4, 0.5) is 0 Å². The van der Waals surface area contributed by atoms with Gasteiger partial charge in [-0.25, -0.2) is 0 Å². The lowest BCUT2D eigenvalue weighted by molar-refractivity contribution is 0.269. The Kier molecular flexibility index (Phi) is 5.87. The summed E-state index contributed by atoms with van der Waals surface area (Å²) in [5.41, 5.74) is 3.39. The van der Waals surface area contributed by atoms with Gasteiger partial charge in [0.25, 0.3) is 0 Å². The van der Waals surface area contributed by atoms with E-state index >= 15 is 0 Å². The first kappa shape index (κ1) is 19.5. The van der Waals surface area contributed by atoms with Crippen LogP contribution in [0, 0.1) is 0 Å². The van der Waals surface area contributed by atoms with Crippen LogP contribution in [-0.2, 0) is 6.54 Å². The third-order valence-electron chi connectivity index (χ3n) is 5.23. The Labute approximate surface area is 177 Å². The number of rotatable bonds is 7. The highest BCUT2D eigenvalue weighted by atomic mass is 32.1. The lowest BCUT2D eigenvalue weighted by atomic mass is 10.0. The standard InChI is InChI=1S/C22H26N6S/c1-26(2)13-14-28-21(20(25-22(28)29)18-8-3-4-11-24-18)19-9-6-12-27(19)16-17-7-5-10-23-15-17/h3-12,15,20-21H,13-14,16H2,1-2H3,(H,25,29)/t20-,21-/m1/s1. The third kappa shape index (κ3) is 4.31. The molecule has 0 unspecified atom stereocenters. The molecule has 0 aliphatic carbocycles. The van der Waals surface area contributed by atoms with Gasteiger partial charge in [-0.2, -0.15) is 0 Å². The van der Waals surface area contributed by atoms with Crippen molar-refractivity contribution in [1.29, 1.82) is 0 Å². The lowest BCUT2D eigenvalue weighted by Gasteiger charge is -2.29. The minimum Gasteiger partial charge on any atom is -0.352 e. The van der Waals surface area contributed by atoms with Gasteiger partial charge in [0, 0.05) is 50.1 Å². The molecule has 0 aromatic carbocycles. The van der Waals surface area contributed by atoms with Crippen molar-refractivity contribution in [2.75, 3.05) is 27.2 Å². The smallest absolute Gasteiger partial charge is 0.170 e. The molecule has 3 aromatic rings. The second-order valence-corrected chi connectivity index (χ2v) is 7.93. The largest absolute Gasteiger partial charge is 0.352 e. The Morgan fingerprint density at radius 2 is 2.00 bits per heavy atom. The van der Waals surface area contributed by atoms with Gasteiger partial charge in [0.15, 0.2) is 5.11 Å². The minimum absolute atomic E-state index is 0.00779. The van der Waals surface area contributed by atoms with E-state index in [1.54, 1.807) is 6.20 Å². The number of thiocarbonyl (C=S) groups is 1. The molecule has 4 heterocycles. The molecule has 29 heavy (non-hydrogen) atoms. The monoisotopic (exact) mass is 406 g/mol. The molecule has 2 atom stereocenters. The molecule has 0 saturated carbocycles. The summed E-state index contributed by atoms with van der Waals surface area (Å²) in [5, 5.41) is 4.30. The molecule has 1 saturated heterocycles. The highest BCUT2D eigenvalue weighted by Crippen LogP contribution is 2.38.